The molecule has 0 aliphatic heterocycles. The number of phenolic OH excluding ortho intramolecular Hbond substituents is 1. The van der Waals surface area contributed by atoms with E-state index in [0.29, 0.717) is 12.5 Å². The van der Waals surface area contributed by atoms with Crippen molar-refractivity contribution < 1.29 is 5.11 Å². The molecule has 1 N–H and O–H groups in total. The fourth-order valence-electron chi connectivity index (χ4n) is 0.859. The third-order valence-electron chi connectivity index (χ3n) is 1.56. The summed E-state index contributed by atoms with van der Waals surface area (Å²) in [7, 11) is 0. The van der Waals surface area contributed by atoms with Crippen LogP contribution in [0, 0.1) is 0 Å². The lowest BCUT2D eigenvalue weighted by Crippen LogP contribution is -2.21. The lowest BCUT2D eigenvalue weighted by atomic mass is 9.49. The molecule has 0 unspecified atom stereocenters. The molecule has 0 aromatic heterocycles. The van der Waals surface area contributed by atoms with Crippen LogP contribution in [0.1, 0.15) is 0 Å². The van der Waals surface area contributed by atoms with Crippen LogP contribution in [-0.4, -0.2) is 11.8 Å². The van der Waals surface area contributed by atoms with Gasteiger partial charge in [-0.1, -0.05) is 31.2 Å². The fourth-order valence-corrected chi connectivity index (χ4v) is 0.859. The summed E-state index contributed by atoms with van der Waals surface area (Å²) in [6, 6.07) is 7.32. The predicted octanol–water partition coefficient (Wildman–Crippen LogP) is 1.35. The van der Waals surface area contributed by atoms with Crippen molar-refractivity contribution in [1.82, 2.24) is 0 Å². The van der Waals surface area contributed by atoms with Gasteiger partial charge in [0.2, 0.25) is 0 Å². The van der Waals surface area contributed by atoms with Gasteiger partial charge in [-0.25, -0.2) is 0 Å². The zero-order valence-corrected chi connectivity index (χ0v) is 6.33. The predicted molar refractivity (Wildman–Crippen MR) is 45.2 cm³/mol. The van der Waals surface area contributed by atoms with E-state index in [2.05, 4.69) is 13.6 Å². The second-order valence-corrected chi connectivity index (χ2v) is 2.75. The molecule has 0 saturated heterocycles. The number of phenols is 1. The van der Waals surface area contributed by atoms with Gasteiger partial charge in [0.25, 0.3) is 0 Å². The lowest BCUT2D eigenvalue weighted by molar-refractivity contribution is 0.475. The highest BCUT2D eigenvalue weighted by Gasteiger charge is 2.00. The Morgan fingerprint density at radius 1 is 1.10 bits per heavy atom. The van der Waals surface area contributed by atoms with E-state index in [1.165, 1.54) is 5.46 Å². The summed E-state index contributed by atoms with van der Waals surface area (Å²) in [5.74, 6) is 0.337. The summed E-state index contributed by atoms with van der Waals surface area (Å²) in [4.78, 5) is 0. The van der Waals surface area contributed by atoms with Crippen molar-refractivity contribution in [1.29, 1.82) is 0 Å². The van der Waals surface area contributed by atoms with Gasteiger partial charge >= 0.3 is 0 Å². The van der Waals surface area contributed by atoms with E-state index in [-0.39, 0.29) is 0 Å². The first-order valence-electron chi connectivity index (χ1n) is 3.49. The van der Waals surface area contributed by atoms with Crippen LogP contribution in [0.5, 0.6) is 5.75 Å². The van der Waals surface area contributed by atoms with Crippen molar-refractivity contribution in [3.05, 3.63) is 24.3 Å². The smallest absolute Gasteiger partial charge is 0.169 e. The molecule has 0 heterocycles. The molecule has 52 valence electrons. The molecule has 0 amide bonds. The molecule has 0 aliphatic rings. The van der Waals surface area contributed by atoms with Crippen molar-refractivity contribution in [3.63, 3.8) is 0 Å². The van der Waals surface area contributed by atoms with E-state index in [9.17, 15) is 0 Å². The van der Waals surface area contributed by atoms with Crippen molar-refractivity contribution >= 4 is 12.2 Å². The summed E-state index contributed by atoms with van der Waals surface area (Å²) in [6.07, 6.45) is 0. The number of aromatic hydroxyl groups is 1. The van der Waals surface area contributed by atoms with E-state index in [0.717, 1.165) is 0 Å². The zero-order valence-electron chi connectivity index (χ0n) is 6.33. The lowest BCUT2D eigenvalue weighted by Gasteiger charge is -2.00. The molecule has 1 rings (SSSR count). The van der Waals surface area contributed by atoms with Crippen LogP contribution >= 0.6 is 0 Å². The Bertz CT molecular complexity index is 203. The summed E-state index contributed by atoms with van der Waals surface area (Å²) in [5.41, 5.74) is 1.26. The van der Waals surface area contributed by atoms with Crippen LogP contribution in [0.4, 0.5) is 0 Å². The Morgan fingerprint density at radius 2 is 1.60 bits per heavy atom. The molecule has 2 heteroatoms. The van der Waals surface area contributed by atoms with E-state index >= 15 is 0 Å². The van der Waals surface area contributed by atoms with Crippen molar-refractivity contribution in [2.24, 2.45) is 0 Å². The minimum Gasteiger partial charge on any atom is -0.508 e. The van der Waals surface area contributed by atoms with Crippen LogP contribution in [0.3, 0.4) is 0 Å². The highest BCUT2D eigenvalue weighted by atomic mass is 16.3. The largest absolute Gasteiger partial charge is 0.508 e. The number of benzene rings is 1. The molecule has 0 fully saturated rings. The van der Waals surface area contributed by atoms with Gasteiger partial charge in [0.15, 0.2) is 6.71 Å². The Labute approximate surface area is 61.8 Å². The molecule has 1 nitrogen and oxygen atoms in total. The SMILES string of the molecule is CB(C)c1ccc(O)cc1. The van der Waals surface area contributed by atoms with E-state index in [1.54, 1.807) is 12.1 Å². The first-order valence-corrected chi connectivity index (χ1v) is 3.49. The Kier molecular flexibility index (Phi) is 2.00. The normalized spacial score (nSPS) is 9.40. The molecule has 10 heavy (non-hydrogen) atoms. The second kappa shape index (κ2) is 2.78. The number of hydrogen-bond donors (Lipinski definition) is 1. The standard InChI is InChI=1S/C8H11BO/c1-9(2)7-3-5-8(10)6-4-7/h3-6,10H,1-2H3. The summed E-state index contributed by atoms with van der Waals surface area (Å²) < 4.78 is 0. The molecular weight excluding hydrogens is 123 g/mol. The monoisotopic (exact) mass is 134 g/mol. The topological polar surface area (TPSA) is 20.2 Å². The van der Waals surface area contributed by atoms with Gasteiger partial charge in [-0.3, -0.25) is 0 Å². The van der Waals surface area contributed by atoms with Gasteiger partial charge in [0, 0.05) is 0 Å². The fraction of sp³-hybridized carbons (Fsp3) is 0.250. The average molecular weight is 134 g/mol. The minimum atomic E-state index is 0.337. The maximum absolute atomic E-state index is 8.94. The van der Waals surface area contributed by atoms with Crippen molar-refractivity contribution in [2.75, 3.05) is 0 Å². The van der Waals surface area contributed by atoms with E-state index in [1.807, 2.05) is 12.1 Å². The van der Waals surface area contributed by atoms with Gasteiger partial charge in [0.05, 0.1) is 0 Å². The quantitative estimate of drug-likeness (QED) is 0.574. The molecule has 0 radical (unpaired) electrons. The van der Waals surface area contributed by atoms with Crippen molar-refractivity contribution in [3.8, 4) is 5.75 Å². The Morgan fingerprint density at radius 3 is 2.00 bits per heavy atom. The Balaban J connectivity index is 2.89. The minimum absolute atomic E-state index is 0.337. The summed E-state index contributed by atoms with van der Waals surface area (Å²) in [5, 5.41) is 8.94. The third-order valence-corrected chi connectivity index (χ3v) is 1.56. The molecule has 0 aliphatic carbocycles. The highest BCUT2D eigenvalue weighted by molar-refractivity contribution is 6.70. The van der Waals surface area contributed by atoms with Gasteiger partial charge < -0.3 is 5.11 Å². The molecule has 0 spiro atoms. The van der Waals surface area contributed by atoms with Crippen LogP contribution in [0.15, 0.2) is 24.3 Å². The van der Waals surface area contributed by atoms with Gasteiger partial charge in [-0.05, 0) is 12.1 Å². The highest BCUT2D eigenvalue weighted by Crippen LogP contribution is 2.03. The molecular formula is C8H11BO. The van der Waals surface area contributed by atoms with E-state index < -0.39 is 0 Å². The molecule has 0 bridgehead atoms. The molecule has 0 saturated carbocycles. The van der Waals surface area contributed by atoms with Crippen LogP contribution in [-0.2, 0) is 0 Å². The first kappa shape index (κ1) is 7.20. The summed E-state index contributed by atoms with van der Waals surface area (Å²) >= 11 is 0. The average Bonchev–Trinajstić information content (AvgIpc) is 1.88. The number of rotatable bonds is 1. The number of hydrogen-bond acceptors (Lipinski definition) is 1. The first-order chi connectivity index (χ1) is 4.70. The zero-order chi connectivity index (χ0) is 7.56. The van der Waals surface area contributed by atoms with Gasteiger partial charge in [-0.2, -0.15) is 0 Å². The maximum Gasteiger partial charge on any atom is 0.169 e. The van der Waals surface area contributed by atoms with Crippen LogP contribution < -0.4 is 5.46 Å². The molecule has 0 atom stereocenters. The second-order valence-electron chi connectivity index (χ2n) is 2.75. The molecule has 1 aromatic rings. The molecule has 1 aromatic carbocycles. The van der Waals surface area contributed by atoms with Crippen molar-refractivity contribution in [2.45, 2.75) is 13.6 Å². The van der Waals surface area contributed by atoms with Gasteiger partial charge in [-0.15, -0.1) is 0 Å². The van der Waals surface area contributed by atoms with E-state index in [4.69, 9.17) is 5.11 Å². The Hall–Kier alpha value is -0.915. The van der Waals surface area contributed by atoms with Crippen LogP contribution in [0.25, 0.3) is 0 Å². The maximum atomic E-state index is 8.94. The van der Waals surface area contributed by atoms with Crippen LogP contribution in [0.2, 0.25) is 13.6 Å². The third kappa shape index (κ3) is 1.53. The summed E-state index contributed by atoms with van der Waals surface area (Å²) in [6.45, 7) is 4.80. The van der Waals surface area contributed by atoms with Gasteiger partial charge in [0.1, 0.15) is 5.75 Å².